The summed E-state index contributed by atoms with van der Waals surface area (Å²) in [6, 6.07) is 20.3. The van der Waals surface area contributed by atoms with Crippen molar-refractivity contribution in [3.63, 3.8) is 0 Å². The Morgan fingerprint density at radius 3 is 2.34 bits per heavy atom. The predicted octanol–water partition coefficient (Wildman–Crippen LogP) is 8.76. The van der Waals surface area contributed by atoms with Crippen LogP contribution in [0.4, 0.5) is 0 Å². The normalized spacial score (nSPS) is 13.0. The minimum atomic E-state index is 0.138. The number of aryl methyl sites for hydroxylation is 2. The molecule has 0 unspecified atom stereocenters. The minimum Gasteiger partial charge on any atom is -0.455 e. The van der Waals surface area contributed by atoms with Gasteiger partial charge in [0.05, 0.1) is 10.9 Å². The molecule has 0 radical (unpaired) electrons. The quantitative estimate of drug-likeness (QED) is 0.186. The summed E-state index contributed by atoms with van der Waals surface area (Å²) >= 11 is 0. The standard InChI is InChI=1S/C33H34NO/c1-19(2)21-12-13-24-22(16-21)17-28-30-26(24)14-15-34(7)31(30)29-20(3)23-10-8-9-11-25(23)27(32(29)35-28)18-33(4,5)6/h8-17,19H,18H2,1-7H3/q+1. The Kier molecular flexibility index (Phi) is 4.77. The Morgan fingerprint density at radius 1 is 0.886 bits per heavy atom. The Balaban J connectivity index is 1.78. The predicted molar refractivity (Wildman–Crippen MR) is 148 cm³/mol. The molecule has 0 atom stereocenters. The number of hydrogen-bond donors (Lipinski definition) is 0. The molecule has 1 aromatic heterocycles. The van der Waals surface area contributed by atoms with Gasteiger partial charge in [-0.1, -0.05) is 77.1 Å². The molecule has 0 saturated heterocycles. The molecule has 0 amide bonds. The molecule has 35 heavy (non-hydrogen) atoms. The highest BCUT2D eigenvalue weighted by molar-refractivity contribution is 6.16. The van der Waals surface area contributed by atoms with E-state index >= 15 is 0 Å². The fraction of sp³-hybridized carbons (Fsp3) is 0.303. The summed E-state index contributed by atoms with van der Waals surface area (Å²) in [6.45, 7) is 13.7. The largest absolute Gasteiger partial charge is 0.455 e. The van der Waals surface area contributed by atoms with Crippen LogP contribution in [0.5, 0.6) is 11.5 Å². The van der Waals surface area contributed by atoms with Crippen molar-refractivity contribution in [2.24, 2.45) is 12.5 Å². The number of ether oxygens (including phenoxy) is 1. The van der Waals surface area contributed by atoms with Crippen LogP contribution in [0.25, 0.3) is 43.6 Å². The van der Waals surface area contributed by atoms with Crippen LogP contribution in [0.3, 0.4) is 0 Å². The van der Waals surface area contributed by atoms with Crippen LogP contribution >= 0.6 is 0 Å². The topological polar surface area (TPSA) is 13.1 Å². The van der Waals surface area contributed by atoms with Crippen LogP contribution in [-0.4, -0.2) is 0 Å². The van der Waals surface area contributed by atoms with E-state index in [2.05, 4.69) is 114 Å². The van der Waals surface area contributed by atoms with Gasteiger partial charge in [0.2, 0.25) is 5.69 Å². The number of fused-ring (bicyclic) bond motifs is 5. The van der Waals surface area contributed by atoms with Crippen LogP contribution in [0.2, 0.25) is 0 Å². The van der Waals surface area contributed by atoms with E-state index in [1.165, 1.54) is 60.3 Å². The summed E-state index contributed by atoms with van der Waals surface area (Å²) in [7, 11) is 2.16. The van der Waals surface area contributed by atoms with E-state index in [0.29, 0.717) is 5.92 Å². The summed E-state index contributed by atoms with van der Waals surface area (Å²) in [5.41, 5.74) is 6.59. The molecule has 5 aromatic rings. The lowest BCUT2D eigenvalue weighted by Crippen LogP contribution is -2.32. The second kappa shape index (κ2) is 7.55. The molecule has 2 nitrogen and oxygen atoms in total. The lowest BCUT2D eigenvalue weighted by Gasteiger charge is -2.28. The summed E-state index contributed by atoms with van der Waals surface area (Å²) in [5, 5.41) is 7.63. The first-order chi connectivity index (χ1) is 16.6. The maximum Gasteiger partial charge on any atom is 0.228 e. The van der Waals surface area contributed by atoms with Crippen molar-refractivity contribution in [1.29, 1.82) is 0 Å². The molecule has 0 spiro atoms. The second-order valence-corrected chi connectivity index (χ2v) is 11.8. The smallest absolute Gasteiger partial charge is 0.228 e. The molecule has 1 aliphatic rings. The highest BCUT2D eigenvalue weighted by Crippen LogP contribution is 2.52. The summed E-state index contributed by atoms with van der Waals surface area (Å²) in [4.78, 5) is 0. The van der Waals surface area contributed by atoms with Gasteiger partial charge < -0.3 is 4.74 Å². The Bertz CT molecular complexity index is 1670. The van der Waals surface area contributed by atoms with Crippen molar-refractivity contribution < 1.29 is 9.30 Å². The van der Waals surface area contributed by atoms with Crippen molar-refractivity contribution in [2.45, 2.75) is 53.9 Å². The van der Waals surface area contributed by atoms with E-state index < -0.39 is 0 Å². The first-order valence-electron chi connectivity index (χ1n) is 12.8. The zero-order chi connectivity index (χ0) is 24.6. The molecular weight excluding hydrogens is 426 g/mol. The van der Waals surface area contributed by atoms with Crippen LogP contribution in [0, 0.1) is 12.3 Å². The van der Waals surface area contributed by atoms with Crippen LogP contribution in [-0.2, 0) is 13.5 Å². The van der Waals surface area contributed by atoms with Gasteiger partial charge in [-0.2, -0.15) is 0 Å². The molecule has 2 heteroatoms. The summed E-state index contributed by atoms with van der Waals surface area (Å²) in [5.74, 6) is 2.49. The zero-order valence-corrected chi connectivity index (χ0v) is 21.9. The van der Waals surface area contributed by atoms with Crippen LogP contribution in [0.1, 0.15) is 57.2 Å². The highest BCUT2D eigenvalue weighted by Gasteiger charge is 2.34. The molecule has 1 aliphatic heterocycles. The molecule has 2 heterocycles. The maximum atomic E-state index is 6.97. The number of hydrogen-bond acceptors (Lipinski definition) is 1. The van der Waals surface area contributed by atoms with Crippen molar-refractivity contribution in [3.05, 3.63) is 77.5 Å². The molecule has 0 aliphatic carbocycles. The third-order valence-electron chi connectivity index (χ3n) is 7.58. The van der Waals surface area contributed by atoms with E-state index in [0.717, 1.165) is 17.9 Å². The van der Waals surface area contributed by atoms with Gasteiger partial charge in [0.15, 0.2) is 6.20 Å². The molecular formula is C33H34NO+. The Morgan fingerprint density at radius 2 is 1.63 bits per heavy atom. The maximum absolute atomic E-state index is 6.97. The zero-order valence-electron chi connectivity index (χ0n) is 21.9. The summed E-state index contributed by atoms with van der Waals surface area (Å²) < 4.78 is 9.25. The van der Waals surface area contributed by atoms with Gasteiger partial charge in [-0.15, -0.1) is 0 Å². The molecule has 0 saturated carbocycles. The summed E-state index contributed by atoms with van der Waals surface area (Å²) in [6.07, 6.45) is 3.17. The van der Waals surface area contributed by atoms with Crippen molar-refractivity contribution in [2.75, 3.05) is 0 Å². The van der Waals surface area contributed by atoms with E-state index in [1.807, 2.05) is 0 Å². The lowest BCUT2D eigenvalue weighted by molar-refractivity contribution is -0.659. The Labute approximate surface area is 208 Å². The van der Waals surface area contributed by atoms with Crippen molar-refractivity contribution in [3.8, 4) is 22.8 Å². The van der Waals surface area contributed by atoms with Crippen molar-refractivity contribution in [1.82, 2.24) is 0 Å². The molecule has 0 fully saturated rings. The van der Waals surface area contributed by atoms with Gasteiger partial charge >= 0.3 is 0 Å². The van der Waals surface area contributed by atoms with Gasteiger partial charge in [0, 0.05) is 17.0 Å². The van der Waals surface area contributed by atoms with Gasteiger partial charge in [0.1, 0.15) is 18.5 Å². The number of nitrogens with zero attached hydrogens (tertiary/aromatic N) is 1. The van der Waals surface area contributed by atoms with Gasteiger partial charge in [-0.3, -0.25) is 0 Å². The minimum absolute atomic E-state index is 0.138. The van der Waals surface area contributed by atoms with Gasteiger partial charge in [0.25, 0.3) is 0 Å². The molecule has 0 bridgehead atoms. The van der Waals surface area contributed by atoms with E-state index in [1.54, 1.807) is 0 Å². The highest BCUT2D eigenvalue weighted by atomic mass is 16.5. The lowest BCUT2D eigenvalue weighted by atomic mass is 9.81. The number of benzene rings is 4. The third kappa shape index (κ3) is 3.34. The second-order valence-electron chi connectivity index (χ2n) is 11.8. The monoisotopic (exact) mass is 460 g/mol. The fourth-order valence-corrected chi connectivity index (χ4v) is 5.89. The fourth-order valence-electron chi connectivity index (χ4n) is 5.89. The van der Waals surface area contributed by atoms with E-state index in [4.69, 9.17) is 4.74 Å². The average molecular weight is 461 g/mol. The van der Waals surface area contributed by atoms with Gasteiger partial charge in [-0.25, -0.2) is 4.57 Å². The van der Waals surface area contributed by atoms with Gasteiger partial charge in [-0.05, 0) is 63.4 Å². The van der Waals surface area contributed by atoms with Crippen molar-refractivity contribution >= 4 is 32.3 Å². The number of rotatable bonds is 2. The number of aromatic nitrogens is 1. The average Bonchev–Trinajstić information content (AvgIpc) is 2.81. The Hall–Kier alpha value is -3.39. The SMILES string of the molecule is Cc1c2c(c(CC(C)(C)C)c3ccccc13)Oc1cc3cc(C(C)C)ccc3c3cc[n+](C)c-2c13. The molecule has 6 rings (SSSR count). The number of pyridine rings is 1. The van der Waals surface area contributed by atoms with E-state index in [9.17, 15) is 0 Å². The van der Waals surface area contributed by atoms with Crippen LogP contribution in [0.15, 0.2) is 60.8 Å². The van der Waals surface area contributed by atoms with E-state index in [-0.39, 0.29) is 5.41 Å². The van der Waals surface area contributed by atoms with Crippen LogP contribution < -0.4 is 9.30 Å². The molecule has 0 N–H and O–H groups in total. The molecule has 4 aromatic carbocycles. The third-order valence-corrected chi connectivity index (χ3v) is 7.58. The first-order valence-corrected chi connectivity index (χ1v) is 12.8. The first kappa shape index (κ1) is 22.1. The molecule has 176 valence electrons.